The average Bonchev–Trinajstić information content (AvgIpc) is 2.18. The Bertz CT molecular complexity index is 363. The van der Waals surface area contributed by atoms with Gasteiger partial charge in [-0.2, -0.15) is 13.2 Å². The zero-order valence-electron chi connectivity index (χ0n) is 9.90. The van der Waals surface area contributed by atoms with Gasteiger partial charge in [-0.25, -0.2) is 0 Å². The molecule has 0 heterocycles. The molecule has 96 valence electrons. The molecule has 0 radical (unpaired) electrons. The van der Waals surface area contributed by atoms with Crippen molar-refractivity contribution in [1.29, 1.82) is 0 Å². The summed E-state index contributed by atoms with van der Waals surface area (Å²) in [5.74, 6) is 0.639. The van der Waals surface area contributed by atoms with Gasteiger partial charge in [0, 0.05) is 17.2 Å². The smallest absolute Gasteiger partial charge is 0.308 e. The van der Waals surface area contributed by atoms with Gasteiger partial charge in [0.1, 0.15) is 0 Å². The van der Waals surface area contributed by atoms with E-state index in [1.165, 1.54) is 11.1 Å². The summed E-state index contributed by atoms with van der Waals surface area (Å²) in [6.45, 7) is 3.47. The second-order valence-electron chi connectivity index (χ2n) is 3.91. The van der Waals surface area contributed by atoms with Crippen LogP contribution in [0.4, 0.5) is 13.2 Å². The summed E-state index contributed by atoms with van der Waals surface area (Å²) in [4.78, 5) is 1.13. The predicted octanol–water partition coefficient (Wildman–Crippen LogP) is 3.55. The van der Waals surface area contributed by atoms with E-state index in [4.69, 9.17) is 0 Å². The van der Waals surface area contributed by atoms with E-state index in [1.54, 1.807) is 11.8 Å². The van der Waals surface area contributed by atoms with Crippen LogP contribution < -0.4 is 5.32 Å². The SMILES string of the molecule is Cc1ccc(SCCNCC(F)(F)F)c(C)c1. The highest BCUT2D eigenvalue weighted by Gasteiger charge is 2.25. The minimum atomic E-state index is -4.12. The van der Waals surface area contributed by atoms with E-state index < -0.39 is 12.7 Å². The predicted molar refractivity (Wildman–Crippen MR) is 65.6 cm³/mol. The number of halogens is 3. The van der Waals surface area contributed by atoms with Crippen LogP contribution in [0, 0.1) is 13.8 Å². The lowest BCUT2D eigenvalue weighted by molar-refractivity contribution is -0.124. The van der Waals surface area contributed by atoms with Crippen LogP contribution in [-0.2, 0) is 0 Å². The van der Waals surface area contributed by atoms with E-state index in [-0.39, 0.29) is 0 Å². The molecule has 0 aromatic heterocycles. The standard InChI is InChI=1S/C12H16F3NS/c1-9-3-4-11(10(2)7-9)17-6-5-16-8-12(13,14)15/h3-4,7,16H,5-6,8H2,1-2H3. The molecule has 17 heavy (non-hydrogen) atoms. The lowest BCUT2D eigenvalue weighted by Gasteiger charge is -2.09. The maximum atomic E-state index is 11.8. The average molecular weight is 263 g/mol. The maximum Gasteiger partial charge on any atom is 0.401 e. The van der Waals surface area contributed by atoms with Crippen LogP contribution in [-0.4, -0.2) is 25.0 Å². The topological polar surface area (TPSA) is 12.0 Å². The normalized spacial score (nSPS) is 11.8. The fourth-order valence-corrected chi connectivity index (χ4v) is 2.34. The van der Waals surface area contributed by atoms with Gasteiger partial charge < -0.3 is 5.32 Å². The molecular formula is C12H16F3NS. The zero-order valence-corrected chi connectivity index (χ0v) is 10.7. The molecule has 0 saturated carbocycles. The second-order valence-corrected chi connectivity index (χ2v) is 5.05. The fourth-order valence-electron chi connectivity index (χ4n) is 1.42. The monoisotopic (exact) mass is 263 g/mol. The van der Waals surface area contributed by atoms with Crippen molar-refractivity contribution < 1.29 is 13.2 Å². The maximum absolute atomic E-state index is 11.8. The molecule has 1 rings (SSSR count). The number of thioether (sulfide) groups is 1. The van der Waals surface area contributed by atoms with Gasteiger partial charge in [0.25, 0.3) is 0 Å². The Morgan fingerprint density at radius 2 is 1.94 bits per heavy atom. The molecule has 1 aromatic rings. The first kappa shape index (κ1) is 14.4. The van der Waals surface area contributed by atoms with Crippen LogP contribution in [0.2, 0.25) is 0 Å². The lowest BCUT2D eigenvalue weighted by atomic mass is 10.2. The Morgan fingerprint density at radius 1 is 1.24 bits per heavy atom. The molecule has 1 aromatic carbocycles. The highest BCUT2D eigenvalue weighted by molar-refractivity contribution is 7.99. The van der Waals surface area contributed by atoms with Gasteiger partial charge >= 0.3 is 6.18 Å². The van der Waals surface area contributed by atoms with Crippen molar-refractivity contribution in [2.75, 3.05) is 18.8 Å². The van der Waals surface area contributed by atoms with Crippen molar-refractivity contribution in [3.8, 4) is 0 Å². The second kappa shape index (κ2) is 6.31. The summed E-state index contributed by atoms with van der Waals surface area (Å²) < 4.78 is 35.5. The van der Waals surface area contributed by atoms with Crippen molar-refractivity contribution in [1.82, 2.24) is 5.32 Å². The van der Waals surface area contributed by atoms with E-state index in [9.17, 15) is 13.2 Å². The van der Waals surface area contributed by atoms with E-state index in [1.807, 2.05) is 26.0 Å². The van der Waals surface area contributed by atoms with Crippen LogP contribution >= 0.6 is 11.8 Å². The summed E-state index contributed by atoms with van der Waals surface area (Å²) >= 11 is 1.58. The van der Waals surface area contributed by atoms with Crippen molar-refractivity contribution in [2.45, 2.75) is 24.9 Å². The number of hydrogen-bond acceptors (Lipinski definition) is 2. The number of nitrogens with one attached hydrogen (secondary N) is 1. The minimum absolute atomic E-state index is 0.359. The van der Waals surface area contributed by atoms with Gasteiger partial charge in [0.05, 0.1) is 6.54 Å². The van der Waals surface area contributed by atoms with Crippen molar-refractivity contribution in [3.05, 3.63) is 29.3 Å². The molecule has 0 saturated heterocycles. The summed E-state index contributed by atoms with van der Waals surface area (Å²) in [6.07, 6.45) is -4.12. The van der Waals surface area contributed by atoms with Gasteiger partial charge in [-0.1, -0.05) is 17.7 Å². The first-order valence-electron chi connectivity index (χ1n) is 5.36. The van der Waals surface area contributed by atoms with Crippen LogP contribution in [0.5, 0.6) is 0 Å². The Morgan fingerprint density at radius 3 is 2.53 bits per heavy atom. The van der Waals surface area contributed by atoms with Crippen LogP contribution in [0.1, 0.15) is 11.1 Å². The quantitative estimate of drug-likeness (QED) is 0.644. The highest BCUT2D eigenvalue weighted by atomic mass is 32.2. The largest absolute Gasteiger partial charge is 0.401 e. The third-order valence-electron chi connectivity index (χ3n) is 2.19. The summed E-state index contributed by atoms with van der Waals surface area (Å²) in [6, 6.07) is 6.10. The summed E-state index contributed by atoms with van der Waals surface area (Å²) in [5.41, 5.74) is 2.37. The number of rotatable bonds is 5. The van der Waals surface area contributed by atoms with Crippen LogP contribution in [0.25, 0.3) is 0 Å². The Labute approximate surface area is 104 Å². The third-order valence-corrected chi connectivity index (χ3v) is 3.37. The molecule has 1 nitrogen and oxygen atoms in total. The summed E-state index contributed by atoms with van der Waals surface area (Å²) in [5, 5.41) is 2.38. The Balaban J connectivity index is 2.27. The van der Waals surface area contributed by atoms with Gasteiger partial charge in [0.15, 0.2) is 0 Å². The molecule has 0 aliphatic rings. The van der Waals surface area contributed by atoms with E-state index in [0.717, 1.165) is 4.90 Å². The molecule has 0 fully saturated rings. The van der Waals surface area contributed by atoms with Crippen LogP contribution in [0.15, 0.2) is 23.1 Å². The number of hydrogen-bond donors (Lipinski definition) is 1. The lowest BCUT2D eigenvalue weighted by Crippen LogP contribution is -2.30. The molecule has 5 heteroatoms. The number of aryl methyl sites for hydroxylation is 2. The molecular weight excluding hydrogens is 247 g/mol. The van der Waals surface area contributed by atoms with Gasteiger partial charge in [-0.3, -0.25) is 0 Å². The molecule has 0 atom stereocenters. The van der Waals surface area contributed by atoms with Crippen LogP contribution in [0.3, 0.4) is 0 Å². The molecule has 0 amide bonds. The Hall–Kier alpha value is -0.680. The molecule has 1 N–H and O–H groups in total. The molecule has 0 aliphatic heterocycles. The third kappa shape index (κ3) is 5.98. The summed E-state index contributed by atoms with van der Waals surface area (Å²) in [7, 11) is 0. The first-order valence-corrected chi connectivity index (χ1v) is 6.34. The van der Waals surface area contributed by atoms with E-state index >= 15 is 0 Å². The molecule has 0 bridgehead atoms. The number of alkyl halides is 3. The molecule has 0 aliphatic carbocycles. The van der Waals surface area contributed by atoms with E-state index in [2.05, 4.69) is 11.4 Å². The van der Waals surface area contributed by atoms with Gasteiger partial charge in [0.2, 0.25) is 0 Å². The molecule has 0 unspecified atom stereocenters. The highest BCUT2D eigenvalue weighted by Crippen LogP contribution is 2.22. The zero-order chi connectivity index (χ0) is 12.9. The molecule has 0 spiro atoms. The van der Waals surface area contributed by atoms with Crippen molar-refractivity contribution in [3.63, 3.8) is 0 Å². The van der Waals surface area contributed by atoms with E-state index in [0.29, 0.717) is 12.3 Å². The van der Waals surface area contributed by atoms with Gasteiger partial charge in [-0.15, -0.1) is 11.8 Å². The van der Waals surface area contributed by atoms with Crippen molar-refractivity contribution in [2.24, 2.45) is 0 Å². The van der Waals surface area contributed by atoms with Gasteiger partial charge in [-0.05, 0) is 25.5 Å². The van der Waals surface area contributed by atoms with Crippen molar-refractivity contribution >= 4 is 11.8 Å². The number of benzene rings is 1. The fraction of sp³-hybridized carbons (Fsp3) is 0.500. The Kier molecular flexibility index (Phi) is 5.33. The minimum Gasteiger partial charge on any atom is -0.308 e. The first-order chi connectivity index (χ1) is 7.88.